The summed E-state index contributed by atoms with van der Waals surface area (Å²) in [4.78, 5) is 81.8. The smallest absolute Gasteiger partial charge is 0.303 e. The van der Waals surface area contributed by atoms with Gasteiger partial charge in [-0.05, 0) is 12.1 Å². The number of rotatable bonds is 8. The van der Waals surface area contributed by atoms with Crippen molar-refractivity contribution in [3.63, 3.8) is 0 Å². The van der Waals surface area contributed by atoms with Crippen molar-refractivity contribution in [3.05, 3.63) is 47.4 Å². The van der Waals surface area contributed by atoms with Crippen LogP contribution in [-0.4, -0.2) is 87.7 Å². The Hall–Kier alpha value is -4.79. The van der Waals surface area contributed by atoms with Crippen molar-refractivity contribution in [1.82, 2.24) is 14.9 Å². The van der Waals surface area contributed by atoms with E-state index in [2.05, 4.69) is 9.97 Å². The highest BCUT2D eigenvalue weighted by Crippen LogP contribution is 2.36. The van der Waals surface area contributed by atoms with Crippen LogP contribution in [-0.2, 0) is 33.3 Å². The Morgan fingerprint density at radius 3 is 2.10 bits per heavy atom. The summed E-state index contributed by atoms with van der Waals surface area (Å²) in [5.41, 5.74) is 5.23. The van der Waals surface area contributed by atoms with Crippen LogP contribution < -0.4 is 10.5 Å². The number of hydrogen-bond donors (Lipinski definition) is 2. The summed E-state index contributed by atoms with van der Waals surface area (Å²) in [6, 6.07) is 4.41. The summed E-state index contributed by atoms with van der Waals surface area (Å²) in [7, 11) is 0. The van der Waals surface area contributed by atoms with E-state index in [1.165, 1.54) is 12.1 Å². The molecule has 0 aliphatic carbocycles. The number of carbonyl (C=O) groups is 6. The maximum absolute atomic E-state index is 13.5. The molecule has 0 bridgehead atoms. The minimum atomic E-state index is -1.68. The number of carbonyl (C=O) groups excluding carboxylic acids is 6. The van der Waals surface area contributed by atoms with E-state index < -0.39 is 72.9 Å². The number of H-pyrrole nitrogens is 1. The third-order valence-corrected chi connectivity index (χ3v) is 5.87. The van der Waals surface area contributed by atoms with Crippen molar-refractivity contribution >= 4 is 35.6 Å². The van der Waals surface area contributed by atoms with Crippen LogP contribution in [0.3, 0.4) is 0 Å². The number of nitrogens with two attached hydrogens (primary N) is 1. The third kappa shape index (κ3) is 5.43. The van der Waals surface area contributed by atoms with Crippen molar-refractivity contribution in [2.45, 2.75) is 51.4 Å². The molecule has 1 aromatic carbocycles. The molecule has 0 saturated carbocycles. The summed E-state index contributed by atoms with van der Waals surface area (Å²) in [5.74, 6) is -5.22. The number of imide groups is 1. The highest BCUT2D eigenvalue weighted by atomic mass is 16.7. The van der Waals surface area contributed by atoms with Gasteiger partial charge in [-0.3, -0.25) is 33.7 Å². The lowest BCUT2D eigenvalue weighted by Crippen LogP contribution is -2.68. The summed E-state index contributed by atoms with van der Waals surface area (Å²) in [5, 5.41) is 0. The number of primary amides is 1. The van der Waals surface area contributed by atoms with E-state index in [1.54, 1.807) is 12.1 Å². The lowest BCUT2D eigenvalue weighted by atomic mass is 9.94. The number of aromatic amines is 1. The quantitative estimate of drug-likeness (QED) is 0.250. The third-order valence-electron chi connectivity index (χ3n) is 5.87. The number of benzene rings is 1. The maximum Gasteiger partial charge on any atom is 0.303 e. The summed E-state index contributed by atoms with van der Waals surface area (Å²) in [6.45, 7) is 2.78. The molecule has 3 heterocycles. The van der Waals surface area contributed by atoms with Crippen LogP contribution >= 0.6 is 0 Å². The first-order valence-electron chi connectivity index (χ1n) is 11.6. The Balaban J connectivity index is 1.84. The first kappa shape index (κ1) is 27.3. The van der Waals surface area contributed by atoms with Crippen molar-refractivity contribution < 1.29 is 52.5 Å². The number of hydrogen-bond acceptors (Lipinski definition) is 12. The predicted molar refractivity (Wildman–Crippen MR) is 125 cm³/mol. The Bertz CT molecular complexity index is 1300. The molecule has 0 unspecified atom stereocenters. The number of fused-ring (bicyclic) bond motifs is 1. The molecule has 15 nitrogen and oxygen atoms in total. The number of nitrogens with one attached hydrogen (secondary N) is 1. The fourth-order valence-corrected chi connectivity index (χ4v) is 4.39. The van der Waals surface area contributed by atoms with E-state index in [9.17, 15) is 28.8 Å². The van der Waals surface area contributed by atoms with E-state index in [1.807, 2.05) is 0 Å². The zero-order valence-electron chi connectivity index (χ0n) is 20.9. The molecule has 4 rings (SSSR count). The Morgan fingerprint density at radius 2 is 1.56 bits per heavy atom. The minimum Gasteiger partial charge on any atom is -0.463 e. The Kier molecular flexibility index (Phi) is 7.62. The number of amides is 3. The van der Waals surface area contributed by atoms with Gasteiger partial charge in [-0.1, -0.05) is 12.1 Å². The molecular formula is C24H24N4O11. The van der Waals surface area contributed by atoms with Crippen molar-refractivity contribution in [2.75, 3.05) is 6.61 Å². The van der Waals surface area contributed by atoms with Crippen LogP contribution in [0.2, 0.25) is 0 Å². The monoisotopic (exact) mass is 544 g/mol. The van der Waals surface area contributed by atoms with E-state index in [0.717, 1.165) is 32.0 Å². The highest BCUT2D eigenvalue weighted by molar-refractivity contribution is 6.21. The summed E-state index contributed by atoms with van der Waals surface area (Å²) < 4.78 is 27.8. The fourth-order valence-electron chi connectivity index (χ4n) is 4.39. The molecule has 5 atom stereocenters. The van der Waals surface area contributed by atoms with E-state index >= 15 is 0 Å². The standard InChI is InChI=1S/C24H24N4O11/c1-10(29)35-8-15-18(36-11(2)30)19(37-12(3)31)17(24(38-15)39-21-16(20(25)32)26-9-27-21)28-22(33)13-6-4-5-7-14(13)23(28)34/h4-7,9,15,17-19,24H,8H2,1-3H3,(H2,25,32)(H,26,27)/t15-,17+,18-,19-,24+/m1/s1. The average molecular weight is 544 g/mol. The minimum absolute atomic E-state index is 0.0616. The Labute approximate surface area is 220 Å². The van der Waals surface area contributed by atoms with Gasteiger partial charge >= 0.3 is 17.9 Å². The molecule has 2 aliphatic rings. The molecule has 2 aromatic rings. The van der Waals surface area contributed by atoms with Gasteiger partial charge in [0.2, 0.25) is 12.2 Å². The van der Waals surface area contributed by atoms with Gasteiger partial charge in [-0.2, -0.15) is 0 Å². The zero-order chi connectivity index (χ0) is 28.4. The molecule has 0 radical (unpaired) electrons. The summed E-state index contributed by atoms with van der Waals surface area (Å²) >= 11 is 0. The summed E-state index contributed by atoms with van der Waals surface area (Å²) in [6.07, 6.45) is -4.91. The second-order valence-corrected chi connectivity index (χ2v) is 8.57. The first-order chi connectivity index (χ1) is 18.5. The van der Waals surface area contributed by atoms with Crippen LogP contribution in [0, 0.1) is 0 Å². The van der Waals surface area contributed by atoms with Gasteiger partial charge in [0.15, 0.2) is 17.9 Å². The second-order valence-electron chi connectivity index (χ2n) is 8.57. The number of ether oxygens (including phenoxy) is 5. The van der Waals surface area contributed by atoms with Gasteiger partial charge in [-0.15, -0.1) is 0 Å². The highest BCUT2D eigenvalue weighted by Gasteiger charge is 2.58. The number of esters is 3. The molecule has 3 amide bonds. The van der Waals surface area contributed by atoms with Crippen molar-refractivity contribution in [1.29, 1.82) is 0 Å². The van der Waals surface area contributed by atoms with Gasteiger partial charge in [0.1, 0.15) is 18.8 Å². The van der Waals surface area contributed by atoms with E-state index in [-0.39, 0.29) is 22.7 Å². The van der Waals surface area contributed by atoms with Crippen LogP contribution in [0.5, 0.6) is 5.88 Å². The largest absolute Gasteiger partial charge is 0.463 e. The fraction of sp³-hybridized carbons (Fsp3) is 0.375. The van der Waals surface area contributed by atoms with E-state index in [0.29, 0.717) is 0 Å². The SMILES string of the molecule is CC(=O)OC[C@H]1O[C@@H](Oc2nc[nH]c2C(N)=O)[C@@H](N2C(=O)c3ccccc3C2=O)[C@@H](OC(C)=O)[C@@H]1OC(C)=O. The van der Waals surface area contributed by atoms with Gasteiger partial charge < -0.3 is 34.4 Å². The Morgan fingerprint density at radius 1 is 0.974 bits per heavy atom. The van der Waals surface area contributed by atoms with Gasteiger partial charge in [0.25, 0.3) is 17.7 Å². The lowest BCUT2D eigenvalue weighted by molar-refractivity contribution is -0.265. The average Bonchev–Trinajstić information content (AvgIpc) is 3.42. The molecule has 3 N–H and O–H groups in total. The molecule has 206 valence electrons. The molecule has 1 fully saturated rings. The van der Waals surface area contributed by atoms with E-state index in [4.69, 9.17) is 29.4 Å². The molecule has 0 spiro atoms. The number of imidazole rings is 1. The van der Waals surface area contributed by atoms with Crippen molar-refractivity contribution in [3.8, 4) is 5.88 Å². The first-order valence-corrected chi connectivity index (χ1v) is 11.6. The van der Waals surface area contributed by atoms with Crippen LogP contribution in [0.1, 0.15) is 52.0 Å². The number of aromatic nitrogens is 2. The molecule has 15 heteroatoms. The van der Waals surface area contributed by atoms with Crippen molar-refractivity contribution in [2.24, 2.45) is 5.73 Å². The van der Waals surface area contributed by atoms with Gasteiger partial charge in [-0.25, -0.2) is 4.98 Å². The van der Waals surface area contributed by atoms with Crippen LogP contribution in [0.15, 0.2) is 30.6 Å². The molecule has 2 aliphatic heterocycles. The maximum atomic E-state index is 13.5. The second kappa shape index (κ2) is 10.9. The zero-order valence-corrected chi connectivity index (χ0v) is 20.9. The normalized spacial score (nSPS) is 24.1. The topological polar surface area (TPSA) is 207 Å². The van der Waals surface area contributed by atoms with Gasteiger partial charge in [0, 0.05) is 20.8 Å². The van der Waals surface area contributed by atoms with Crippen LogP contribution in [0.4, 0.5) is 0 Å². The lowest BCUT2D eigenvalue weighted by Gasteiger charge is -2.46. The number of nitrogens with zero attached hydrogens (tertiary/aromatic N) is 2. The molecule has 39 heavy (non-hydrogen) atoms. The molecule has 1 aromatic heterocycles. The molecule has 1 saturated heterocycles. The molecular weight excluding hydrogens is 520 g/mol. The van der Waals surface area contributed by atoms with Crippen LogP contribution in [0.25, 0.3) is 0 Å². The van der Waals surface area contributed by atoms with Gasteiger partial charge in [0.05, 0.1) is 17.5 Å². The predicted octanol–water partition coefficient (Wildman–Crippen LogP) is -0.296.